The van der Waals surface area contributed by atoms with Crippen LogP contribution in [-0.4, -0.2) is 42.4 Å². The van der Waals surface area contributed by atoms with E-state index < -0.39 is 8.32 Å². The van der Waals surface area contributed by atoms with Crippen molar-refractivity contribution in [3.63, 3.8) is 0 Å². The third-order valence-electron chi connectivity index (χ3n) is 5.12. The third-order valence-corrected chi connectivity index (χ3v) is 9.60. The molecule has 0 saturated carbocycles. The molecule has 0 N–H and O–H groups in total. The zero-order valence-electron chi connectivity index (χ0n) is 16.1. The van der Waals surface area contributed by atoms with Gasteiger partial charge in [0.2, 0.25) is 0 Å². The van der Waals surface area contributed by atoms with E-state index in [0.29, 0.717) is 19.8 Å². The Labute approximate surface area is 148 Å². The SMILES string of the molecule is COc1cccc(B2OCC(C)(CO[Si](C)(C)C(C)(C)C)CO2)c1. The summed E-state index contributed by atoms with van der Waals surface area (Å²) in [6.45, 7) is 15.4. The molecule has 0 aromatic heterocycles. The lowest BCUT2D eigenvalue weighted by Gasteiger charge is -2.42. The van der Waals surface area contributed by atoms with Gasteiger partial charge in [0.15, 0.2) is 8.32 Å². The van der Waals surface area contributed by atoms with E-state index in [1.54, 1.807) is 7.11 Å². The molecule has 0 spiro atoms. The fraction of sp³-hybridized carbons (Fsp3) is 0.667. The molecule has 1 fully saturated rings. The van der Waals surface area contributed by atoms with E-state index >= 15 is 0 Å². The van der Waals surface area contributed by atoms with Crippen LogP contribution >= 0.6 is 0 Å². The molecule has 1 aliphatic heterocycles. The number of ether oxygens (including phenoxy) is 1. The summed E-state index contributed by atoms with van der Waals surface area (Å²) in [5.74, 6) is 0.814. The molecule has 0 unspecified atom stereocenters. The largest absolute Gasteiger partial charge is 0.497 e. The quantitative estimate of drug-likeness (QED) is 0.762. The van der Waals surface area contributed by atoms with Gasteiger partial charge in [-0.25, -0.2) is 0 Å². The predicted molar refractivity (Wildman–Crippen MR) is 102 cm³/mol. The molecule has 2 rings (SSSR count). The van der Waals surface area contributed by atoms with E-state index in [2.05, 4.69) is 40.8 Å². The van der Waals surface area contributed by atoms with Crippen molar-refractivity contribution in [3.8, 4) is 5.75 Å². The van der Waals surface area contributed by atoms with Crippen molar-refractivity contribution < 1.29 is 18.5 Å². The van der Waals surface area contributed by atoms with Gasteiger partial charge in [0.25, 0.3) is 0 Å². The van der Waals surface area contributed by atoms with Crippen LogP contribution in [-0.2, 0) is 13.7 Å². The third kappa shape index (κ3) is 4.63. The first-order chi connectivity index (χ1) is 11.1. The van der Waals surface area contributed by atoms with Crippen LogP contribution in [0.4, 0.5) is 0 Å². The number of hydrogen-bond donors (Lipinski definition) is 0. The minimum Gasteiger partial charge on any atom is -0.497 e. The van der Waals surface area contributed by atoms with Gasteiger partial charge >= 0.3 is 7.12 Å². The molecular weight excluding hydrogens is 319 g/mol. The molecule has 0 bridgehead atoms. The highest BCUT2D eigenvalue weighted by Gasteiger charge is 2.42. The molecule has 0 atom stereocenters. The Balaban J connectivity index is 1.93. The van der Waals surface area contributed by atoms with Crippen molar-refractivity contribution in [1.29, 1.82) is 0 Å². The molecule has 1 aliphatic rings. The lowest BCUT2D eigenvalue weighted by atomic mass is 9.75. The average molecular weight is 350 g/mol. The number of hydrogen-bond acceptors (Lipinski definition) is 4. The van der Waals surface area contributed by atoms with Gasteiger partial charge in [-0.05, 0) is 35.7 Å². The molecule has 1 aromatic carbocycles. The Morgan fingerprint density at radius 3 is 2.38 bits per heavy atom. The van der Waals surface area contributed by atoms with Gasteiger partial charge in [-0.1, -0.05) is 39.8 Å². The summed E-state index contributed by atoms with van der Waals surface area (Å²) in [6.07, 6.45) is 0. The molecule has 0 amide bonds. The Morgan fingerprint density at radius 2 is 1.83 bits per heavy atom. The topological polar surface area (TPSA) is 36.9 Å². The van der Waals surface area contributed by atoms with E-state index in [1.807, 2.05) is 24.3 Å². The zero-order chi connectivity index (χ0) is 18.0. The van der Waals surface area contributed by atoms with Gasteiger partial charge in [-0.3, -0.25) is 0 Å². The van der Waals surface area contributed by atoms with Gasteiger partial charge < -0.3 is 18.5 Å². The number of rotatable bonds is 5. The Hall–Kier alpha value is -0.818. The van der Waals surface area contributed by atoms with Crippen molar-refractivity contribution in [2.45, 2.75) is 45.8 Å². The van der Waals surface area contributed by atoms with Crippen molar-refractivity contribution >= 4 is 20.9 Å². The second-order valence-corrected chi connectivity index (χ2v) is 13.4. The maximum atomic E-state index is 6.37. The van der Waals surface area contributed by atoms with Crippen molar-refractivity contribution in [3.05, 3.63) is 24.3 Å². The maximum Gasteiger partial charge on any atom is 0.494 e. The minimum absolute atomic E-state index is 0.106. The summed E-state index contributed by atoms with van der Waals surface area (Å²) in [7, 11) is -0.426. The predicted octanol–water partition coefficient (Wildman–Crippen LogP) is 3.47. The lowest BCUT2D eigenvalue weighted by Crippen LogP contribution is -2.52. The zero-order valence-corrected chi connectivity index (χ0v) is 17.1. The van der Waals surface area contributed by atoms with Gasteiger partial charge in [0, 0.05) is 25.2 Å². The smallest absolute Gasteiger partial charge is 0.494 e. The molecule has 0 aliphatic carbocycles. The molecule has 1 saturated heterocycles. The lowest BCUT2D eigenvalue weighted by molar-refractivity contribution is -0.0111. The summed E-state index contributed by atoms with van der Waals surface area (Å²) < 4.78 is 23.6. The fourth-order valence-corrected chi connectivity index (χ4v) is 3.42. The van der Waals surface area contributed by atoms with E-state index in [9.17, 15) is 0 Å². The van der Waals surface area contributed by atoms with Crippen molar-refractivity contribution in [1.82, 2.24) is 0 Å². The summed E-state index contributed by atoms with van der Waals surface area (Å²) >= 11 is 0. The monoisotopic (exact) mass is 350 g/mol. The van der Waals surface area contributed by atoms with Crippen LogP contribution in [0.15, 0.2) is 24.3 Å². The number of methoxy groups -OCH3 is 1. The van der Waals surface area contributed by atoms with E-state index in [4.69, 9.17) is 18.5 Å². The highest BCUT2D eigenvalue weighted by atomic mass is 28.4. The molecule has 6 heteroatoms. The van der Waals surface area contributed by atoms with Crippen LogP contribution in [0.5, 0.6) is 5.75 Å². The molecule has 4 nitrogen and oxygen atoms in total. The minimum atomic E-state index is -1.76. The van der Waals surface area contributed by atoms with Crippen LogP contribution in [0, 0.1) is 5.41 Å². The molecule has 24 heavy (non-hydrogen) atoms. The highest BCUT2D eigenvalue weighted by Crippen LogP contribution is 2.38. The standard InChI is InChI=1S/C18H31BO4Si/c1-17(2,3)24(6,7)23-14-18(4)12-21-19(22-13-18)15-9-8-10-16(11-15)20-5/h8-11H,12-14H2,1-7H3. The van der Waals surface area contributed by atoms with Crippen LogP contribution in [0.1, 0.15) is 27.7 Å². The second-order valence-electron chi connectivity index (χ2n) is 8.59. The van der Waals surface area contributed by atoms with Crippen molar-refractivity contribution in [2.24, 2.45) is 5.41 Å². The molecule has 0 radical (unpaired) electrons. The maximum absolute atomic E-state index is 6.37. The first-order valence-electron chi connectivity index (χ1n) is 8.57. The number of benzene rings is 1. The molecule has 134 valence electrons. The first-order valence-corrected chi connectivity index (χ1v) is 11.5. The van der Waals surface area contributed by atoms with E-state index in [0.717, 1.165) is 11.2 Å². The summed E-state index contributed by atoms with van der Waals surface area (Å²) in [4.78, 5) is 0. The van der Waals surface area contributed by atoms with Gasteiger partial charge in [-0.15, -0.1) is 0 Å². The Kier molecular flexibility index (Phi) is 5.85. The van der Waals surface area contributed by atoms with Crippen LogP contribution in [0.25, 0.3) is 0 Å². The average Bonchev–Trinajstić information content (AvgIpc) is 2.53. The van der Waals surface area contributed by atoms with Crippen LogP contribution in [0.2, 0.25) is 18.1 Å². The molecule has 1 heterocycles. The highest BCUT2D eigenvalue weighted by molar-refractivity contribution is 6.74. The van der Waals surface area contributed by atoms with Crippen LogP contribution in [0.3, 0.4) is 0 Å². The second kappa shape index (κ2) is 7.20. The summed E-state index contributed by atoms with van der Waals surface area (Å²) in [6, 6.07) is 7.83. The van der Waals surface area contributed by atoms with Crippen molar-refractivity contribution in [2.75, 3.05) is 26.9 Å². The molecular formula is C18H31BO4Si. The first kappa shape index (κ1) is 19.5. The van der Waals surface area contributed by atoms with Gasteiger partial charge in [0.1, 0.15) is 5.75 Å². The summed E-state index contributed by atoms with van der Waals surface area (Å²) in [5, 5.41) is 0.211. The normalized spacial score (nSPS) is 18.5. The molecule has 1 aromatic rings. The van der Waals surface area contributed by atoms with E-state index in [1.165, 1.54) is 0 Å². The van der Waals surface area contributed by atoms with Gasteiger partial charge in [-0.2, -0.15) is 0 Å². The van der Waals surface area contributed by atoms with Gasteiger partial charge in [0.05, 0.1) is 7.11 Å². The Bertz CT molecular complexity index is 548. The summed E-state index contributed by atoms with van der Waals surface area (Å²) in [5.41, 5.74) is 0.881. The fourth-order valence-electron chi connectivity index (χ4n) is 2.28. The Morgan fingerprint density at radius 1 is 1.21 bits per heavy atom. The van der Waals surface area contributed by atoms with Crippen LogP contribution < -0.4 is 10.2 Å². The van der Waals surface area contributed by atoms with E-state index in [-0.39, 0.29) is 17.6 Å².